The van der Waals surface area contributed by atoms with Crippen LogP contribution in [-0.4, -0.2) is 24.2 Å². The molecule has 2 aromatic heterocycles. The lowest BCUT2D eigenvalue weighted by atomic mass is 9.99. The van der Waals surface area contributed by atoms with E-state index in [1.165, 1.54) is 16.7 Å². The molecule has 0 bridgehead atoms. The van der Waals surface area contributed by atoms with Gasteiger partial charge in [0.25, 0.3) is 0 Å². The Morgan fingerprint density at radius 1 is 0.966 bits per heavy atom. The molecule has 0 aliphatic rings. The van der Waals surface area contributed by atoms with Crippen LogP contribution in [0, 0.1) is 13.8 Å². The maximum atomic E-state index is 6.24. The first-order chi connectivity index (χ1) is 14.0. The van der Waals surface area contributed by atoms with Crippen LogP contribution in [0.4, 0.5) is 11.5 Å². The third-order valence-electron chi connectivity index (χ3n) is 4.77. The minimum Gasteiger partial charge on any atom is -0.495 e. The van der Waals surface area contributed by atoms with Gasteiger partial charge in [-0.15, -0.1) is 11.3 Å². The van der Waals surface area contributed by atoms with E-state index in [1.807, 2.05) is 0 Å². The summed E-state index contributed by atoms with van der Waals surface area (Å²) < 4.78 is 10.9. The smallest absolute Gasteiger partial charge is 0.144 e. The van der Waals surface area contributed by atoms with Crippen LogP contribution in [0.5, 0.6) is 11.5 Å². The summed E-state index contributed by atoms with van der Waals surface area (Å²) in [7, 11) is 3.18. The van der Waals surface area contributed by atoms with Crippen molar-refractivity contribution in [2.75, 3.05) is 19.5 Å². The molecule has 0 saturated heterocycles. The first-order valence-corrected chi connectivity index (χ1v) is 10.3. The highest BCUT2D eigenvalue weighted by Gasteiger charge is 2.17. The Balaban J connectivity index is 1.87. The van der Waals surface area contributed by atoms with E-state index in [1.54, 1.807) is 44.0 Å². The maximum Gasteiger partial charge on any atom is 0.144 e. The van der Waals surface area contributed by atoms with Gasteiger partial charge < -0.3 is 14.8 Å². The Bertz CT molecular complexity index is 1210. The number of hydrogen-bond acceptors (Lipinski definition) is 6. The molecule has 0 fully saturated rings. The molecular weight excluding hydrogens is 406 g/mol. The van der Waals surface area contributed by atoms with Crippen molar-refractivity contribution in [3.63, 3.8) is 0 Å². The monoisotopic (exact) mass is 425 g/mol. The van der Waals surface area contributed by atoms with Crippen LogP contribution in [0.1, 0.15) is 11.1 Å². The first-order valence-electron chi connectivity index (χ1n) is 9.00. The largest absolute Gasteiger partial charge is 0.495 e. The molecule has 29 heavy (non-hydrogen) atoms. The molecule has 0 spiro atoms. The molecule has 2 aromatic carbocycles. The zero-order valence-electron chi connectivity index (χ0n) is 16.5. The van der Waals surface area contributed by atoms with Gasteiger partial charge in [-0.2, -0.15) is 0 Å². The number of nitrogens with one attached hydrogen (secondary N) is 1. The predicted octanol–water partition coefficient (Wildman–Crippen LogP) is 6.39. The van der Waals surface area contributed by atoms with Crippen molar-refractivity contribution in [3.8, 4) is 22.6 Å². The molecule has 0 saturated carbocycles. The van der Waals surface area contributed by atoms with Crippen molar-refractivity contribution in [2.24, 2.45) is 0 Å². The molecule has 2 heterocycles. The van der Waals surface area contributed by atoms with Crippen LogP contribution in [0.15, 0.2) is 42.0 Å². The van der Waals surface area contributed by atoms with Crippen molar-refractivity contribution in [3.05, 3.63) is 58.2 Å². The summed E-state index contributed by atoms with van der Waals surface area (Å²) in [4.78, 5) is 9.89. The number of ether oxygens (including phenoxy) is 2. The van der Waals surface area contributed by atoms with Crippen LogP contribution in [-0.2, 0) is 0 Å². The third-order valence-corrected chi connectivity index (χ3v) is 5.95. The summed E-state index contributed by atoms with van der Waals surface area (Å²) in [5, 5.41) is 6.97. The molecular formula is C22H20ClN3O2S. The fourth-order valence-corrected chi connectivity index (χ4v) is 4.51. The van der Waals surface area contributed by atoms with E-state index in [-0.39, 0.29) is 0 Å². The summed E-state index contributed by atoms with van der Waals surface area (Å²) in [6, 6.07) is 9.98. The van der Waals surface area contributed by atoms with Gasteiger partial charge in [0.1, 0.15) is 28.5 Å². The van der Waals surface area contributed by atoms with Gasteiger partial charge in [0.2, 0.25) is 0 Å². The number of halogens is 1. The van der Waals surface area contributed by atoms with E-state index in [9.17, 15) is 0 Å². The van der Waals surface area contributed by atoms with E-state index in [2.05, 4.69) is 52.7 Å². The quantitative estimate of drug-likeness (QED) is 0.401. The number of methoxy groups -OCH3 is 2. The Morgan fingerprint density at radius 3 is 2.48 bits per heavy atom. The van der Waals surface area contributed by atoms with Crippen molar-refractivity contribution in [2.45, 2.75) is 13.8 Å². The highest BCUT2D eigenvalue weighted by Crippen LogP contribution is 2.41. The second kappa shape index (κ2) is 7.89. The molecule has 0 radical (unpaired) electrons. The highest BCUT2D eigenvalue weighted by molar-refractivity contribution is 7.17. The van der Waals surface area contributed by atoms with Gasteiger partial charge in [0.15, 0.2) is 0 Å². The number of nitrogens with zero attached hydrogens (tertiary/aromatic N) is 2. The third kappa shape index (κ3) is 3.61. The second-order valence-electron chi connectivity index (χ2n) is 6.68. The number of rotatable bonds is 5. The van der Waals surface area contributed by atoms with Gasteiger partial charge in [0.05, 0.1) is 30.3 Å². The molecule has 5 nitrogen and oxygen atoms in total. The number of anilines is 2. The van der Waals surface area contributed by atoms with Crippen LogP contribution in [0.2, 0.25) is 5.02 Å². The van der Waals surface area contributed by atoms with Crippen molar-refractivity contribution in [1.29, 1.82) is 0 Å². The number of aromatic nitrogens is 2. The minimum atomic E-state index is 0.481. The SMILES string of the molecule is COc1cc(Nc2ncnc3scc(-c4ccc(C)cc4C)c23)c(OC)cc1Cl. The Hall–Kier alpha value is -2.83. The fourth-order valence-electron chi connectivity index (χ4n) is 3.37. The lowest BCUT2D eigenvalue weighted by molar-refractivity contribution is 0.405. The molecule has 0 aliphatic heterocycles. The highest BCUT2D eigenvalue weighted by atomic mass is 35.5. The minimum absolute atomic E-state index is 0.481. The summed E-state index contributed by atoms with van der Waals surface area (Å²) in [5.74, 6) is 1.86. The molecule has 0 atom stereocenters. The average molecular weight is 426 g/mol. The molecule has 1 N–H and O–H groups in total. The number of aryl methyl sites for hydroxylation is 2. The van der Waals surface area contributed by atoms with Crippen LogP contribution < -0.4 is 14.8 Å². The van der Waals surface area contributed by atoms with Crippen LogP contribution >= 0.6 is 22.9 Å². The van der Waals surface area contributed by atoms with Crippen molar-refractivity contribution >= 4 is 44.7 Å². The van der Waals surface area contributed by atoms with Gasteiger partial charge in [-0.05, 0) is 25.0 Å². The van der Waals surface area contributed by atoms with Gasteiger partial charge in [0, 0.05) is 23.1 Å². The summed E-state index contributed by atoms with van der Waals surface area (Å²) in [6.07, 6.45) is 1.56. The zero-order valence-corrected chi connectivity index (χ0v) is 18.1. The van der Waals surface area contributed by atoms with Gasteiger partial charge in [-0.25, -0.2) is 9.97 Å². The van der Waals surface area contributed by atoms with Gasteiger partial charge >= 0.3 is 0 Å². The van der Waals surface area contributed by atoms with E-state index in [0.717, 1.165) is 15.8 Å². The normalized spacial score (nSPS) is 10.9. The molecule has 148 valence electrons. The standard InChI is InChI=1S/C22H20ClN3O2S/c1-12-5-6-14(13(2)7-12)15-10-29-22-20(15)21(24-11-25-22)26-17-9-18(27-3)16(23)8-19(17)28-4/h5-11H,1-4H3,(H,24,25,26). The Kier molecular flexibility index (Phi) is 5.30. The molecule has 0 unspecified atom stereocenters. The number of benzene rings is 2. The molecule has 0 amide bonds. The van der Waals surface area contributed by atoms with E-state index >= 15 is 0 Å². The number of thiophene rings is 1. The lowest BCUT2D eigenvalue weighted by Gasteiger charge is -2.15. The lowest BCUT2D eigenvalue weighted by Crippen LogP contribution is -1.99. The van der Waals surface area contributed by atoms with Crippen molar-refractivity contribution < 1.29 is 9.47 Å². The molecule has 0 aliphatic carbocycles. The van der Waals surface area contributed by atoms with E-state index < -0.39 is 0 Å². The summed E-state index contributed by atoms with van der Waals surface area (Å²) in [5.41, 5.74) is 5.43. The second-order valence-corrected chi connectivity index (χ2v) is 7.95. The van der Waals surface area contributed by atoms with Gasteiger partial charge in [-0.1, -0.05) is 35.4 Å². The fraction of sp³-hybridized carbons (Fsp3) is 0.182. The van der Waals surface area contributed by atoms with E-state index in [0.29, 0.717) is 28.0 Å². The molecule has 7 heteroatoms. The first kappa shape index (κ1) is 19.5. The predicted molar refractivity (Wildman–Crippen MR) is 120 cm³/mol. The number of fused-ring (bicyclic) bond motifs is 1. The van der Waals surface area contributed by atoms with Gasteiger partial charge in [-0.3, -0.25) is 0 Å². The topological polar surface area (TPSA) is 56.3 Å². The Morgan fingerprint density at radius 2 is 1.76 bits per heavy atom. The summed E-state index contributed by atoms with van der Waals surface area (Å²) in [6.45, 7) is 4.22. The maximum absolute atomic E-state index is 6.24. The number of hydrogen-bond donors (Lipinski definition) is 1. The Labute approximate surface area is 178 Å². The van der Waals surface area contributed by atoms with E-state index in [4.69, 9.17) is 21.1 Å². The molecule has 4 aromatic rings. The van der Waals surface area contributed by atoms with Crippen LogP contribution in [0.3, 0.4) is 0 Å². The van der Waals surface area contributed by atoms with Crippen molar-refractivity contribution in [1.82, 2.24) is 9.97 Å². The summed E-state index contributed by atoms with van der Waals surface area (Å²) >= 11 is 7.84. The average Bonchev–Trinajstić information content (AvgIpc) is 3.14. The van der Waals surface area contributed by atoms with Crippen LogP contribution in [0.25, 0.3) is 21.3 Å². The zero-order chi connectivity index (χ0) is 20.5. The molecule has 4 rings (SSSR count).